The third-order valence-corrected chi connectivity index (χ3v) is 3.88. The summed E-state index contributed by atoms with van der Waals surface area (Å²) in [5, 5.41) is 5.94. The molecule has 2 N–H and O–H groups in total. The van der Waals surface area contributed by atoms with Crippen LogP contribution in [0, 0.1) is 6.92 Å². The van der Waals surface area contributed by atoms with Gasteiger partial charge >= 0.3 is 0 Å². The fourth-order valence-electron chi connectivity index (χ4n) is 2.11. The fourth-order valence-corrected chi connectivity index (χ4v) is 2.51. The Morgan fingerprint density at radius 3 is 2.50 bits per heavy atom. The smallest absolute Gasteiger partial charge is 0.258 e. The molecule has 0 aliphatic heterocycles. The third kappa shape index (κ3) is 3.97. The highest BCUT2D eigenvalue weighted by atomic mass is 79.9. The number of aromatic nitrogens is 2. The van der Waals surface area contributed by atoms with Crippen LogP contribution < -0.4 is 10.6 Å². The zero-order valence-corrected chi connectivity index (χ0v) is 14.5. The Kier molecular flexibility index (Phi) is 4.86. The van der Waals surface area contributed by atoms with Gasteiger partial charge in [-0.25, -0.2) is 9.97 Å². The minimum atomic E-state index is -0.254. The Bertz CT molecular complexity index is 865. The molecular formula is C18H15BrN4O. The molecule has 5 nitrogen and oxygen atoms in total. The van der Waals surface area contributed by atoms with E-state index < -0.39 is 0 Å². The fraction of sp³-hybridized carbons (Fsp3) is 0.0556. The molecule has 0 bridgehead atoms. The largest absolute Gasteiger partial charge is 0.324 e. The molecule has 1 heterocycles. The van der Waals surface area contributed by atoms with E-state index in [-0.39, 0.29) is 5.91 Å². The van der Waals surface area contributed by atoms with Crippen LogP contribution in [-0.4, -0.2) is 15.9 Å². The van der Waals surface area contributed by atoms with Crippen molar-refractivity contribution in [3.63, 3.8) is 0 Å². The number of nitrogens with zero attached hydrogens (tertiary/aromatic N) is 2. The zero-order chi connectivity index (χ0) is 16.9. The van der Waals surface area contributed by atoms with Gasteiger partial charge in [0.05, 0.1) is 5.56 Å². The predicted molar refractivity (Wildman–Crippen MR) is 98.6 cm³/mol. The average Bonchev–Trinajstić information content (AvgIpc) is 2.57. The van der Waals surface area contributed by atoms with Crippen molar-refractivity contribution in [2.75, 3.05) is 10.6 Å². The minimum absolute atomic E-state index is 0.254. The molecule has 0 fully saturated rings. The summed E-state index contributed by atoms with van der Waals surface area (Å²) in [5.74, 6) is 0.193. The number of aryl methyl sites for hydroxylation is 1. The number of carbonyl (C=O) groups is 1. The molecule has 0 unspecified atom stereocenters. The second kappa shape index (κ2) is 7.23. The summed E-state index contributed by atoms with van der Waals surface area (Å²) in [4.78, 5) is 20.6. The summed E-state index contributed by atoms with van der Waals surface area (Å²) in [6, 6.07) is 15.3. The first-order valence-electron chi connectivity index (χ1n) is 7.33. The van der Waals surface area contributed by atoms with E-state index in [0.717, 1.165) is 15.7 Å². The van der Waals surface area contributed by atoms with E-state index in [2.05, 4.69) is 36.5 Å². The highest BCUT2D eigenvalue weighted by Gasteiger charge is 2.08. The molecule has 6 heteroatoms. The lowest BCUT2D eigenvalue weighted by Gasteiger charge is -2.08. The van der Waals surface area contributed by atoms with E-state index in [0.29, 0.717) is 17.2 Å². The third-order valence-electron chi connectivity index (χ3n) is 3.39. The van der Waals surface area contributed by atoms with Crippen molar-refractivity contribution in [1.29, 1.82) is 0 Å². The van der Waals surface area contributed by atoms with E-state index >= 15 is 0 Å². The number of halogens is 1. The molecule has 0 saturated carbocycles. The first-order valence-corrected chi connectivity index (χ1v) is 8.13. The van der Waals surface area contributed by atoms with E-state index in [4.69, 9.17) is 0 Å². The Balaban J connectivity index is 1.70. The summed E-state index contributed by atoms with van der Waals surface area (Å²) >= 11 is 3.37. The van der Waals surface area contributed by atoms with Gasteiger partial charge in [0, 0.05) is 28.2 Å². The molecule has 3 rings (SSSR count). The number of hydrogen-bond acceptors (Lipinski definition) is 4. The number of rotatable bonds is 4. The van der Waals surface area contributed by atoms with Crippen LogP contribution in [0.15, 0.2) is 65.4 Å². The molecule has 0 aliphatic carbocycles. The summed E-state index contributed by atoms with van der Waals surface area (Å²) in [6.45, 7) is 2.00. The van der Waals surface area contributed by atoms with Gasteiger partial charge in [-0.05, 0) is 36.8 Å². The van der Waals surface area contributed by atoms with Gasteiger partial charge in [-0.2, -0.15) is 0 Å². The Morgan fingerprint density at radius 2 is 1.79 bits per heavy atom. The number of nitrogens with one attached hydrogen (secondary N) is 2. The second-order valence-corrected chi connectivity index (χ2v) is 6.12. The first kappa shape index (κ1) is 16.1. The molecule has 1 amide bonds. The number of amides is 1. The summed E-state index contributed by atoms with van der Waals surface area (Å²) in [7, 11) is 0. The van der Waals surface area contributed by atoms with Crippen LogP contribution in [0.1, 0.15) is 15.9 Å². The van der Waals surface area contributed by atoms with E-state index in [9.17, 15) is 4.79 Å². The monoisotopic (exact) mass is 382 g/mol. The molecule has 3 aromatic rings. The Labute approximate surface area is 148 Å². The van der Waals surface area contributed by atoms with Gasteiger partial charge in [-0.15, -0.1) is 0 Å². The van der Waals surface area contributed by atoms with Gasteiger partial charge in [0.2, 0.25) is 5.95 Å². The molecule has 0 radical (unpaired) electrons. The Hall–Kier alpha value is -2.73. The standard InChI is InChI=1S/C18H15BrN4O/c1-12-5-2-3-8-16(12)23-18-20-10-13(11-21-18)17(24)22-15-7-4-6-14(19)9-15/h2-11H,1H3,(H,22,24)(H,20,21,23). The number of para-hydroxylation sites is 1. The van der Waals surface area contributed by atoms with Gasteiger partial charge in [-0.3, -0.25) is 4.79 Å². The van der Waals surface area contributed by atoms with Crippen molar-refractivity contribution in [3.8, 4) is 0 Å². The maximum Gasteiger partial charge on any atom is 0.258 e. The van der Waals surface area contributed by atoms with Gasteiger partial charge in [0.25, 0.3) is 5.91 Å². The molecule has 0 spiro atoms. The number of hydrogen-bond donors (Lipinski definition) is 2. The van der Waals surface area contributed by atoms with Gasteiger partial charge in [0.1, 0.15) is 0 Å². The summed E-state index contributed by atoms with van der Waals surface area (Å²) in [6.07, 6.45) is 3.00. The van der Waals surface area contributed by atoms with Crippen molar-refractivity contribution in [1.82, 2.24) is 9.97 Å². The molecule has 0 saturated heterocycles. The lowest BCUT2D eigenvalue weighted by molar-refractivity contribution is 0.102. The van der Waals surface area contributed by atoms with Crippen LogP contribution >= 0.6 is 15.9 Å². The zero-order valence-electron chi connectivity index (χ0n) is 13.0. The lowest BCUT2D eigenvalue weighted by atomic mass is 10.2. The van der Waals surface area contributed by atoms with Crippen molar-refractivity contribution < 1.29 is 4.79 Å². The molecular weight excluding hydrogens is 368 g/mol. The van der Waals surface area contributed by atoms with Gasteiger partial charge in [0.15, 0.2) is 0 Å². The molecule has 120 valence electrons. The summed E-state index contributed by atoms with van der Waals surface area (Å²) in [5.41, 5.74) is 3.13. The number of benzene rings is 2. The highest BCUT2D eigenvalue weighted by molar-refractivity contribution is 9.10. The molecule has 2 aromatic carbocycles. The molecule has 0 aliphatic rings. The molecule has 0 atom stereocenters. The van der Waals surface area contributed by atoms with Crippen LogP contribution in [0.25, 0.3) is 0 Å². The van der Waals surface area contributed by atoms with Crippen molar-refractivity contribution in [2.45, 2.75) is 6.92 Å². The first-order chi connectivity index (χ1) is 11.6. The average molecular weight is 383 g/mol. The van der Waals surface area contributed by atoms with Crippen molar-refractivity contribution in [3.05, 3.63) is 76.5 Å². The summed E-state index contributed by atoms with van der Waals surface area (Å²) < 4.78 is 0.898. The molecule has 24 heavy (non-hydrogen) atoms. The quantitative estimate of drug-likeness (QED) is 0.694. The highest BCUT2D eigenvalue weighted by Crippen LogP contribution is 2.18. The lowest BCUT2D eigenvalue weighted by Crippen LogP contribution is -2.13. The van der Waals surface area contributed by atoms with Crippen LogP contribution in [0.2, 0.25) is 0 Å². The van der Waals surface area contributed by atoms with Crippen LogP contribution in [0.3, 0.4) is 0 Å². The SMILES string of the molecule is Cc1ccccc1Nc1ncc(C(=O)Nc2cccc(Br)c2)cn1. The van der Waals surface area contributed by atoms with Gasteiger partial charge in [-0.1, -0.05) is 40.2 Å². The maximum atomic E-state index is 12.2. The number of anilines is 3. The van der Waals surface area contributed by atoms with Crippen molar-refractivity contribution >= 4 is 39.2 Å². The van der Waals surface area contributed by atoms with Gasteiger partial charge < -0.3 is 10.6 Å². The van der Waals surface area contributed by atoms with Crippen LogP contribution in [0.4, 0.5) is 17.3 Å². The van der Waals surface area contributed by atoms with E-state index in [1.165, 1.54) is 12.4 Å². The van der Waals surface area contributed by atoms with Crippen molar-refractivity contribution in [2.24, 2.45) is 0 Å². The van der Waals surface area contributed by atoms with Crippen LogP contribution in [0.5, 0.6) is 0 Å². The molecule has 1 aromatic heterocycles. The second-order valence-electron chi connectivity index (χ2n) is 5.20. The number of carbonyl (C=O) groups excluding carboxylic acids is 1. The van der Waals surface area contributed by atoms with E-state index in [1.807, 2.05) is 55.5 Å². The Morgan fingerprint density at radius 1 is 1.04 bits per heavy atom. The van der Waals surface area contributed by atoms with E-state index in [1.54, 1.807) is 0 Å². The topological polar surface area (TPSA) is 66.9 Å². The normalized spacial score (nSPS) is 10.2. The van der Waals surface area contributed by atoms with Crippen LogP contribution in [-0.2, 0) is 0 Å². The minimum Gasteiger partial charge on any atom is -0.324 e. The maximum absolute atomic E-state index is 12.2. The predicted octanol–water partition coefficient (Wildman–Crippen LogP) is 4.54.